The molecule has 7 nitrogen and oxygen atoms in total. The minimum Gasteiger partial charge on any atom is -0.481 e. The molecule has 2 atom stereocenters. The topological polar surface area (TPSA) is 94.2 Å². The number of nitrogens with zero attached hydrogens (tertiary/aromatic N) is 2. The highest BCUT2D eigenvalue weighted by molar-refractivity contribution is 5.82. The number of nitrogens with one attached hydrogen (secondary N) is 2. The van der Waals surface area contributed by atoms with Crippen molar-refractivity contribution in [2.75, 3.05) is 13.6 Å². The van der Waals surface area contributed by atoms with E-state index in [-0.39, 0.29) is 40.0 Å². The molecule has 3 heterocycles. The van der Waals surface area contributed by atoms with E-state index in [1.165, 1.54) is 31.3 Å². The van der Waals surface area contributed by atoms with Gasteiger partial charge in [-0.25, -0.2) is 22.5 Å². The Balaban J connectivity index is 1.36. The van der Waals surface area contributed by atoms with Crippen molar-refractivity contribution < 1.29 is 32.2 Å². The van der Waals surface area contributed by atoms with E-state index >= 15 is 8.78 Å². The first-order chi connectivity index (χ1) is 20.1. The molecule has 0 aliphatic carbocycles. The Morgan fingerprint density at radius 1 is 1.12 bits per heavy atom. The summed E-state index contributed by atoms with van der Waals surface area (Å²) in [6, 6.07) is 10.5. The molecule has 216 valence electrons. The molecule has 3 N–H and O–H groups in total. The van der Waals surface area contributed by atoms with Crippen molar-refractivity contribution in [1.29, 1.82) is 0 Å². The van der Waals surface area contributed by atoms with Gasteiger partial charge in [-0.3, -0.25) is 9.69 Å². The van der Waals surface area contributed by atoms with E-state index in [1.807, 2.05) is 11.9 Å². The third-order valence-corrected chi connectivity index (χ3v) is 7.69. The molecule has 0 amide bonds. The van der Waals surface area contributed by atoms with Crippen molar-refractivity contribution in [2.45, 2.75) is 25.8 Å². The maximum absolute atomic E-state index is 15.7. The Hall–Kier alpha value is -4.64. The van der Waals surface area contributed by atoms with Crippen LogP contribution in [0.15, 0.2) is 54.7 Å². The molecule has 0 saturated carbocycles. The van der Waals surface area contributed by atoms with Crippen LogP contribution < -0.4 is 4.74 Å². The molecule has 0 saturated heterocycles. The Kier molecular flexibility index (Phi) is 6.97. The summed E-state index contributed by atoms with van der Waals surface area (Å²) in [4.78, 5) is 23.8. The zero-order valence-corrected chi connectivity index (χ0v) is 22.6. The van der Waals surface area contributed by atoms with Gasteiger partial charge >= 0.3 is 5.97 Å². The molecule has 0 fully saturated rings. The lowest BCUT2D eigenvalue weighted by Crippen LogP contribution is -2.33. The predicted octanol–water partition coefficient (Wildman–Crippen LogP) is 6.75. The molecule has 5 aromatic rings. The number of H-pyrrole nitrogens is 2. The molecule has 6 rings (SSSR count). The Bertz CT molecular complexity index is 1830. The van der Waals surface area contributed by atoms with Gasteiger partial charge in [-0.2, -0.15) is 0 Å². The zero-order valence-electron chi connectivity index (χ0n) is 22.6. The molecule has 1 aliphatic heterocycles. The number of carboxylic acid groups (broad SMARTS) is 1. The maximum Gasteiger partial charge on any atom is 0.306 e. The fourth-order valence-electron chi connectivity index (χ4n) is 5.44. The second-order valence-electron chi connectivity index (χ2n) is 10.5. The summed E-state index contributed by atoms with van der Waals surface area (Å²) in [5, 5.41) is 9.45. The third kappa shape index (κ3) is 4.79. The molecule has 0 radical (unpaired) electrons. The number of aliphatic carboxylic acids is 1. The summed E-state index contributed by atoms with van der Waals surface area (Å²) in [5.74, 6) is -5.22. The Morgan fingerprint density at radius 2 is 1.93 bits per heavy atom. The molecule has 2 unspecified atom stereocenters. The first-order valence-corrected chi connectivity index (χ1v) is 13.3. The van der Waals surface area contributed by atoms with Gasteiger partial charge in [0, 0.05) is 41.9 Å². The molecule has 42 heavy (non-hydrogen) atoms. The minimum atomic E-state index is -1.02. The van der Waals surface area contributed by atoms with E-state index in [2.05, 4.69) is 15.0 Å². The number of aromatic amines is 2. The van der Waals surface area contributed by atoms with Gasteiger partial charge in [0.15, 0.2) is 17.4 Å². The average Bonchev–Trinajstić information content (AvgIpc) is 3.60. The fourth-order valence-corrected chi connectivity index (χ4v) is 5.44. The minimum absolute atomic E-state index is 0.00609. The molecular formula is C31H26F4N4O3. The molecule has 3 aromatic carbocycles. The van der Waals surface area contributed by atoms with Crippen molar-refractivity contribution in [3.63, 3.8) is 0 Å². The van der Waals surface area contributed by atoms with Gasteiger partial charge in [-0.1, -0.05) is 25.1 Å². The fraction of sp³-hybridized carbons (Fsp3) is 0.226. The number of carboxylic acids is 1. The Labute approximate surface area is 237 Å². The summed E-state index contributed by atoms with van der Waals surface area (Å²) in [7, 11) is 1.83. The number of ether oxygens (including phenoxy) is 1. The lowest BCUT2D eigenvalue weighted by Gasteiger charge is -2.32. The highest BCUT2D eigenvalue weighted by atomic mass is 19.1. The van der Waals surface area contributed by atoms with Crippen molar-refractivity contribution in [2.24, 2.45) is 5.92 Å². The SMILES string of the molecule is CC(Cc1cccc(C2c3nc(-c4cc(Oc5c(F)cc6[nH]ccc6c5F)ccc4F)[nH]c3CCN2C)c1F)C(=O)O. The van der Waals surface area contributed by atoms with E-state index in [9.17, 15) is 18.7 Å². The van der Waals surface area contributed by atoms with E-state index in [1.54, 1.807) is 18.2 Å². The average molecular weight is 579 g/mol. The molecular weight excluding hydrogens is 552 g/mol. The van der Waals surface area contributed by atoms with Crippen LogP contribution in [0.25, 0.3) is 22.3 Å². The van der Waals surface area contributed by atoms with Crippen LogP contribution in [0.1, 0.15) is 35.5 Å². The number of hydrogen-bond donors (Lipinski definition) is 3. The van der Waals surface area contributed by atoms with Crippen LogP contribution in [0, 0.1) is 29.2 Å². The summed E-state index contributed by atoms with van der Waals surface area (Å²) in [6.45, 7) is 2.08. The van der Waals surface area contributed by atoms with Gasteiger partial charge in [0.2, 0.25) is 0 Å². The first kappa shape index (κ1) is 27.5. The van der Waals surface area contributed by atoms with Crippen LogP contribution in [-0.4, -0.2) is 44.5 Å². The van der Waals surface area contributed by atoms with Gasteiger partial charge in [0.25, 0.3) is 0 Å². The molecule has 1 aliphatic rings. The Morgan fingerprint density at radius 3 is 2.71 bits per heavy atom. The van der Waals surface area contributed by atoms with Crippen LogP contribution in [0.4, 0.5) is 17.6 Å². The first-order valence-electron chi connectivity index (χ1n) is 13.3. The number of halogens is 4. The zero-order chi connectivity index (χ0) is 29.7. The monoisotopic (exact) mass is 578 g/mol. The third-order valence-electron chi connectivity index (χ3n) is 7.69. The highest BCUT2D eigenvalue weighted by Crippen LogP contribution is 2.39. The van der Waals surface area contributed by atoms with Crippen LogP contribution in [-0.2, 0) is 17.6 Å². The maximum atomic E-state index is 15.7. The number of hydrogen-bond acceptors (Lipinski definition) is 4. The van der Waals surface area contributed by atoms with Gasteiger partial charge in [0.1, 0.15) is 23.2 Å². The standard InChI is InChI=1S/C31H26F4N4O3/c1-15(31(40)41)12-16-4-3-5-19(25(16)34)28-27-23(9-11-39(28)2)37-30(38-27)20-13-17(6-7-21(20)32)42-29-22(33)14-24-18(26(29)35)8-10-36-24/h3-8,10,13-15,28,36H,9,11-12H2,1-2H3,(H,37,38)(H,40,41). The lowest BCUT2D eigenvalue weighted by molar-refractivity contribution is -0.141. The highest BCUT2D eigenvalue weighted by Gasteiger charge is 2.33. The van der Waals surface area contributed by atoms with Gasteiger partial charge in [-0.05, 0) is 43.3 Å². The molecule has 2 aromatic heterocycles. The lowest BCUT2D eigenvalue weighted by atomic mass is 9.92. The van der Waals surface area contributed by atoms with E-state index in [4.69, 9.17) is 4.74 Å². The molecule has 0 bridgehead atoms. The summed E-state index contributed by atoms with van der Waals surface area (Å²) < 4.78 is 66.0. The van der Waals surface area contributed by atoms with Crippen molar-refractivity contribution >= 4 is 16.9 Å². The number of rotatable bonds is 7. The van der Waals surface area contributed by atoms with Crippen LogP contribution in [0.2, 0.25) is 0 Å². The second-order valence-corrected chi connectivity index (χ2v) is 10.5. The van der Waals surface area contributed by atoms with Crippen molar-refractivity contribution in [1.82, 2.24) is 19.9 Å². The number of aromatic nitrogens is 3. The van der Waals surface area contributed by atoms with E-state index in [0.29, 0.717) is 29.9 Å². The summed E-state index contributed by atoms with van der Waals surface area (Å²) >= 11 is 0. The smallest absolute Gasteiger partial charge is 0.306 e. The van der Waals surface area contributed by atoms with Gasteiger partial charge in [-0.15, -0.1) is 0 Å². The predicted molar refractivity (Wildman–Crippen MR) is 147 cm³/mol. The number of likely N-dealkylation sites (N-methyl/N-ethyl adjacent to an activating group) is 1. The van der Waals surface area contributed by atoms with E-state index in [0.717, 1.165) is 12.1 Å². The number of carbonyl (C=O) groups is 1. The normalized spacial score (nSPS) is 16.0. The quantitative estimate of drug-likeness (QED) is 0.186. The van der Waals surface area contributed by atoms with Crippen LogP contribution in [0.3, 0.4) is 0 Å². The van der Waals surface area contributed by atoms with Gasteiger partial charge < -0.3 is 19.8 Å². The van der Waals surface area contributed by atoms with Crippen LogP contribution >= 0.6 is 0 Å². The van der Waals surface area contributed by atoms with Gasteiger partial charge in [0.05, 0.1) is 28.7 Å². The summed E-state index contributed by atoms with van der Waals surface area (Å²) in [6.07, 6.45) is 2.05. The second kappa shape index (κ2) is 10.6. The van der Waals surface area contributed by atoms with Crippen molar-refractivity contribution in [3.8, 4) is 22.9 Å². The van der Waals surface area contributed by atoms with E-state index < -0.39 is 46.9 Å². The molecule has 0 spiro atoms. The number of benzene rings is 3. The largest absolute Gasteiger partial charge is 0.481 e. The summed E-state index contributed by atoms with van der Waals surface area (Å²) in [5.41, 5.74) is 2.09. The number of imidazole rings is 1. The van der Waals surface area contributed by atoms with Crippen molar-refractivity contribution in [3.05, 3.63) is 101 Å². The van der Waals surface area contributed by atoms with Crippen LogP contribution in [0.5, 0.6) is 11.5 Å². The number of fused-ring (bicyclic) bond motifs is 2. The molecule has 11 heteroatoms.